The molecule has 0 saturated heterocycles. The third kappa shape index (κ3) is 7.65. The minimum atomic E-state index is -2.55. The maximum atomic E-state index is 4.94. The molecule has 0 radical (unpaired) electrons. The molecule has 0 aromatic heterocycles. The topological polar surface area (TPSA) is 3.24 Å². The quantitative estimate of drug-likeness (QED) is 0.183. The Bertz CT molecular complexity index is 782. The van der Waals surface area contributed by atoms with Crippen LogP contribution in [0.15, 0.2) is 69.2 Å². The van der Waals surface area contributed by atoms with Gasteiger partial charge in [-0.15, -0.1) is 0 Å². The number of halogens is 1. The molecule has 2 aromatic carbocycles. The van der Waals surface area contributed by atoms with E-state index < -0.39 is 18.4 Å². The first-order valence-corrected chi connectivity index (χ1v) is 21.0. The van der Waals surface area contributed by atoms with Gasteiger partial charge < -0.3 is 0 Å². The zero-order valence-electron chi connectivity index (χ0n) is 20.9. The van der Waals surface area contributed by atoms with E-state index in [-0.39, 0.29) is 0 Å². The number of anilines is 1. The number of benzene rings is 2. The van der Waals surface area contributed by atoms with Crippen molar-refractivity contribution in [2.24, 2.45) is 0 Å². The van der Waals surface area contributed by atoms with Crippen molar-refractivity contribution in [3.63, 3.8) is 0 Å². The first-order valence-electron chi connectivity index (χ1n) is 12.7. The van der Waals surface area contributed by atoms with Crippen LogP contribution in [0.5, 0.6) is 0 Å². The van der Waals surface area contributed by atoms with Crippen LogP contribution < -0.4 is 4.90 Å². The molecule has 0 aliphatic rings. The monoisotopic (exact) mass is 605 g/mol. The molecule has 2 rings (SSSR count). The van der Waals surface area contributed by atoms with Crippen LogP contribution >= 0.6 is 15.9 Å². The van der Waals surface area contributed by atoms with E-state index in [0.717, 1.165) is 6.54 Å². The van der Waals surface area contributed by atoms with Crippen LogP contribution in [0.2, 0.25) is 13.3 Å². The predicted octanol–water partition coefficient (Wildman–Crippen LogP) is 9.79. The Morgan fingerprint density at radius 3 is 1.84 bits per heavy atom. The molecular weight excluding hydrogens is 561 g/mol. The summed E-state index contributed by atoms with van der Waals surface area (Å²) < 4.78 is 7.24. The van der Waals surface area contributed by atoms with Crippen LogP contribution in [-0.4, -0.2) is 24.4 Å². The molecule has 1 unspecified atom stereocenters. The number of rotatable bonds is 15. The van der Waals surface area contributed by atoms with Crippen LogP contribution in [0.4, 0.5) is 5.69 Å². The molecule has 0 amide bonds. The number of para-hydroxylation sites is 1. The average molecular weight is 605 g/mol. The van der Waals surface area contributed by atoms with Crippen LogP contribution in [0, 0.1) is 0 Å². The van der Waals surface area contributed by atoms with Crippen molar-refractivity contribution in [3.8, 4) is 0 Å². The average Bonchev–Trinajstić information content (AvgIpc) is 2.82. The Morgan fingerprint density at radius 2 is 1.34 bits per heavy atom. The molecule has 0 saturated carbocycles. The molecule has 0 N–H and O–H groups in total. The van der Waals surface area contributed by atoms with Crippen molar-refractivity contribution in [2.45, 2.75) is 92.1 Å². The summed E-state index contributed by atoms with van der Waals surface area (Å²) in [5.74, 6) is 0. The Hall–Kier alpha value is -0.741. The second-order valence-electron chi connectivity index (χ2n) is 9.36. The minimum absolute atomic E-state index is 0.357. The fraction of sp³-hybridized carbons (Fsp3) is 0.517. The summed E-state index contributed by atoms with van der Waals surface area (Å²) in [5, 5.41) is 0. The number of hydrogen-bond acceptors (Lipinski definition) is 1. The van der Waals surface area contributed by atoms with Crippen molar-refractivity contribution >= 4 is 40.0 Å². The molecule has 3 heteroatoms. The first-order chi connectivity index (χ1) is 15.5. The molecule has 0 aliphatic heterocycles. The van der Waals surface area contributed by atoms with Crippen LogP contribution in [-0.2, 0) is 6.54 Å². The third-order valence-electron chi connectivity index (χ3n) is 7.04. The molecule has 32 heavy (non-hydrogen) atoms. The summed E-state index contributed by atoms with van der Waals surface area (Å²) in [7, 11) is 0. The van der Waals surface area contributed by atoms with Gasteiger partial charge in [-0.3, -0.25) is 0 Å². The Balaban J connectivity index is 2.45. The zero-order chi connectivity index (χ0) is 23.4. The molecule has 176 valence electrons. The normalized spacial score (nSPS) is 12.5. The van der Waals surface area contributed by atoms with Gasteiger partial charge >= 0.3 is 212 Å². The molecule has 0 bridgehead atoms. The number of hydrogen-bond donors (Lipinski definition) is 0. The van der Waals surface area contributed by atoms with Crippen molar-refractivity contribution < 1.29 is 0 Å². The molecule has 1 nitrogen and oxygen atoms in total. The second-order valence-corrected chi connectivity index (χ2v) is 23.6. The molecular formula is C29H44BrNSn. The summed E-state index contributed by atoms with van der Waals surface area (Å²) >= 11 is 1.30. The van der Waals surface area contributed by atoms with E-state index >= 15 is 0 Å². The zero-order valence-corrected chi connectivity index (χ0v) is 25.3. The van der Waals surface area contributed by atoms with E-state index in [1.807, 2.05) is 0 Å². The summed E-state index contributed by atoms with van der Waals surface area (Å²) in [5.41, 5.74) is 2.64. The molecule has 0 heterocycles. The van der Waals surface area contributed by atoms with Crippen molar-refractivity contribution in [1.29, 1.82) is 0 Å². The number of nitrogens with zero attached hydrogens (tertiary/aromatic N) is 1. The van der Waals surface area contributed by atoms with Gasteiger partial charge in [-0.2, -0.15) is 0 Å². The fourth-order valence-corrected chi connectivity index (χ4v) is 22.1. The van der Waals surface area contributed by atoms with Crippen molar-refractivity contribution in [3.05, 3.63) is 74.8 Å². The molecule has 0 aliphatic carbocycles. The van der Waals surface area contributed by atoms with Gasteiger partial charge in [0.15, 0.2) is 0 Å². The summed E-state index contributed by atoms with van der Waals surface area (Å²) in [6.07, 6.45) is 8.04. The van der Waals surface area contributed by atoms with Gasteiger partial charge in [0.1, 0.15) is 0 Å². The van der Waals surface area contributed by atoms with E-state index in [1.165, 1.54) is 67.6 Å². The summed E-state index contributed by atoms with van der Waals surface area (Å²) in [4.78, 5) is 2.61. The van der Waals surface area contributed by atoms with E-state index in [4.69, 9.17) is 6.58 Å². The van der Waals surface area contributed by atoms with E-state index in [2.05, 4.69) is 103 Å². The molecule has 1 atom stereocenters. The molecule has 2 aromatic rings. The Labute approximate surface area is 210 Å². The van der Waals surface area contributed by atoms with Crippen LogP contribution in [0.1, 0.15) is 71.8 Å². The van der Waals surface area contributed by atoms with Gasteiger partial charge in [0.25, 0.3) is 0 Å². The Morgan fingerprint density at radius 1 is 0.844 bits per heavy atom. The maximum absolute atomic E-state index is 4.94. The summed E-state index contributed by atoms with van der Waals surface area (Å²) in [6, 6.07) is 20.0. The van der Waals surface area contributed by atoms with Gasteiger partial charge in [0.2, 0.25) is 0 Å². The third-order valence-corrected chi connectivity index (χ3v) is 24.0. The fourth-order valence-electron chi connectivity index (χ4n) is 4.93. The SMILES string of the molecule is C=[C](C(C)N(Cc1ccccc1)c1ccccc1Br)[Sn]([CH2]CCC)([CH2]CCC)[CH2]CCC. The predicted molar refractivity (Wildman–Crippen MR) is 150 cm³/mol. The summed E-state index contributed by atoms with van der Waals surface area (Å²) in [6.45, 7) is 15.3. The van der Waals surface area contributed by atoms with Gasteiger partial charge in [-0.25, -0.2) is 0 Å². The molecule has 0 fully saturated rings. The van der Waals surface area contributed by atoms with E-state index in [1.54, 1.807) is 3.59 Å². The first kappa shape index (κ1) is 27.5. The van der Waals surface area contributed by atoms with E-state index in [0.29, 0.717) is 6.04 Å². The Kier molecular flexibility index (Phi) is 12.5. The van der Waals surface area contributed by atoms with Crippen molar-refractivity contribution in [2.75, 3.05) is 4.90 Å². The number of unbranched alkanes of at least 4 members (excludes halogenated alkanes) is 3. The molecule has 0 spiro atoms. The van der Waals surface area contributed by atoms with Gasteiger partial charge in [0.05, 0.1) is 0 Å². The second kappa shape index (κ2) is 14.5. The van der Waals surface area contributed by atoms with Gasteiger partial charge in [-0.05, 0) is 0 Å². The van der Waals surface area contributed by atoms with Crippen LogP contribution in [0.25, 0.3) is 0 Å². The van der Waals surface area contributed by atoms with Crippen molar-refractivity contribution in [1.82, 2.24) is 0 Å². The van der Waals surface area contributed by atoms with Gasteiger partial charge in [0, 0.05) is 0 Å². The standard InChI is InChI=1S/C17H17BrN.3C4H9.Sn/c1-3-14(2)19(13-15-9-5-4-6-10-15)17-12-8-7-11-16(17)18;3*1-3-4-2;/h4-12,14H,1,13H2,2H3;3*1,3-4H2,2H3;. The van der Waals surface area contributed by atoms with Gasteiger partial charge in [-0.1, -0.05) is 0 Å². The van der Waals surface area contributed by atoms with E-state index in [9.17, 15) is 0 Å². The van der Waals surface area contributed by atoms with Crippen LogP contribution in [0.3, 0.4) is 0 Å².